The molecule has 4 nitrogen and oxygen atoms in total. The molecule has 1 aromatic carbocycles. The van der Waals surface area contributed by atoms with Gasteiger partial charge in [0.1, 0.15) is 0 Å². The van der Waals surface area contributed by atoms with Gasteiger partial charge in [0.05, 0.1) is 17.7 Å². The van der Waals surface area contributed by atoms with Crippen LogP contribution in [0.3, 0.4) is 0 Å². The van der Waals surface area contributed by atoms with Gasteiger partial charge in [-0.3, -0.25) is 4.79 Å². The summed E-state index contributed by atoms with van der Waals surface area (Å²) in [5.74, 6) is 0.672. The average molecular weight is 359 g/mol. The molecule has 0 atom stereocenters. The summed E-state index contributed by atoms with van der Waals surface area (Å²) in [5.41, 5.74) is 1.06. The Balaban J connectivity index is 1.50. The number of benzene rings is 1. The third-order valence-electron chi connectivity index (χ3n) is 4.32. The molecule has 2 aromatic heterocycles. The Hall–Kier alpha value is -2.11. The normalized spacial score (nSPS) is 15.2. The molecule has 1 fully saturated rings. The molecule has 2 heterocycles. The first-order valence-electron chi connectivity index (χ1n) is 7.71. The first-order valence-corrected chi connectivity index (χ1v) is 8.97. The predicted octanol–water partition coefficient (Wildman–Crippen LogP) is 4.40. The van der Waals surface area contributed by atoms with E-state index in [-0.39, 0.29) is 5.91 Å². The second-order valence-corrected chi connectivity index (χ2v) is 7.40. The number of carbonyl (C=O) groups is 1. The standard InChI is InChI=1S/C18H15ClN2O2S/c19-13-5-3-12(4-6-13)15-10-16(21-23-15)18(7-8-18)17(22)20-11-14-2-1-9-24-14/h1-6,9-10H,7-8,11H2,(H,20,22). The minimum absolute atomic E-state index is 0.0202. The van der Waals surface area contributed by atoms with Gasteiger partial charge in [0, 0.05) is 21.5 Å². The summed E-state index contributed by atoms with van der Waals surface area (Å²) < 4.78 is 5.45. The summed E-state index contributed by atoms with van der Waals surface area (Å²) in [7, 11) is 0. The van der Waals surface area contributed by atoms with Gasteiger partial charge in [-0.25, -0.2) is 0 Å². The van der Waals surface area contributed by atoms with E-state index >= 15 is 0 Å². The fraction of sp³-hybridized carbons (Fsp3) is 0.222. The maximum atomic E-state index is 12.6. The number of amides is 1. The number of nitrogens with one attached hydrogen (secondary N) is 1. The van der Waals surface area contributed by atoms with Gasteiger partial charge in [0.15, 0.2) is 5.76 Å². The van der Waals surface area contributed by atoms with Crippen LogP contribution in [0, 0.1) is 0 Å². The topological polar surface area (TPSA) is 55.1 Å². The third-order valence-corrected chi connectivity index (χ3v) is 5.45. The SMILES string of the molecule is O=C(NCc1cccs1)C1(c2cc(-c3ccc(Cl)cc3)on2)CC1. The number of halogens is 1. The van der Waals surface area contributed by atoms with E-state index in [2.05, 4.69) is 10.5 Å². The van der Waals surface area contributed by atoms with Crippen molar-refractivity contribution in [3.8, 4) is 11.3 Å². The molecular weight excluding hydrogens is 344 g/mol. The Kier molecular flexibility index (Phi) is 3.90. The highest BCUT2D eigenvalue weighted by molar-refractivity contribution is 7.09. The average Bonchev–Trinajstić information content (AvgIpc) is 3.01. The van der Waals surface area contributed by atoms with Crippen LogP contribution in [-0.2, 0) is 16.8 Å². The molecule has 122 valence electrons. The maximum Gasteiger partial charge on any atom is 0.232 e. The van der Waals surface area contributed by atoms with E-state index in [9.17, 15) is 4.79 Å². The number of aromatic nitrogens is 1. The molecule has 1 aliphatic rings. The maximum absolute atomic E-state index is 12.6. The molecule has 3 aromatic rings. The molecule has 4 rings (SSSR count). The molecule has 1 saturated carbocycles. The van der Waals surface area contributed by atoms with Crippen molar-refractivity contribution >= 4 is 28.8 Å². The molecule has 0 saturated heterocycles. The van der Waals surface area contributed by atoms with Crippen LogP contribution >= 0.6 is 22.9 Å². The van der Waals surface area contributed by atoms with Crippen LogP contribution < -0.4 is 5.32 Å². The van der Waals surface area contributed by atoms with Crippen LogP contribution in [0.1, 0.15) is 23.4 Å². The number of nitrogens with zero attached hydrogens (tertiary/aromatic N) is 1. The van der Waals surface area contributed by atoms with Crippen molar-refractivity contribution in [2.24, 2.45) is 0 Å². The molecule has 0 bridgehead atoms. The number of hydrogen-bond acceptors (Lipinski definition) is 4. The smallest absolute Gasteiger partial charge is 0.232 e. The van der Waals surface area contributed by atoms with Crippen molar-refractivity contribution in [2.45, 2.75) is 24.8 Å². The highest BCUT2D eigenvalue weighted by Gasteiger charge is 2.53. The Bertz CT molecular complexity index is 852. The quantitative estimate of drug-likeness (QED) is 0.735. The highest BCUT2D eigenvalue weighted by Crippen LogP contribution is 2.48. The molecule has 6 heteroatoms. The first-order chi connectivity index (χ1) is 11.7. The second-order valence-electron chi connectivity index (χ2n) is 5.93. The third kappa shape index (κ3) is 2.85. The minimum atomic E-state index is -0.536. The van der Waals surface area contributed by atoms with Crippen molar-refractivity contribution in [3.63, 3.8) is 0 Å². The van der Waals surface area contributed by atoms with Crippen LogP contribution in [-0.4, -0.2) is 11.1 Å². The van der Waals surface area contributed by atoms with E-state index in [0.717, 1.165) is 23.3 Å². The number of hydrogen-bond donors (Lipinski definition) is 1. The van der Waals surface area contributed by atoms with Gasteiger partial charge >= 0.3 is 0 Å². The zero-order valence-electron chi connectivity index (χ0n) is 12.8. The summed E-state index contributed by atoms with van der Waals surface area (Å²) in [6.45, 7) is 0.556. The summed E-state index contributed by atoms with van der Waals surface area (Å²) in [6.07, 6.45) is 1.60. The van der Waals surface area contributed by atoms with E-state index < -0.39 is 5.41 Å². The number of rotatable bonds is 5. The van der Waals surface area contributed by atoms with Gasteiger partial charge in [-0.2, -0.15) is 0 Å². The molecule has 1 aliphatic carbocycles. The van der Waals surface area contributed by atoms with Crippen molar-refractivity contribution in [3.05, 3.63) is 63.4 Å². The van der Waals surface area contributed by atoms with Crippen LogP contribution in [0.4, 0.5) is 0 Å². The second kappa shape index (κ2) is 6.07. The van der Waals surface area contributed by atoms with Gasteiger partial charge in [-0.1, -0.05) is 22.8 Å². The van der Waals surface area contributed by atoms with E-state index in [1.165, 1.54) is 0 Å². The van der Waals surface area contributed by atoms with E-state index in [4.69, 9.17) is 16.1 Å². The van der Waals surface area contributed by atoms with Gasteiger partial charge < -0.3 is 9.84 Å². The fourth-order valence-electron chi connectivity index (χ4n) is 2.73. The largest absolute Gasteiger partial charge is 0.356 e. The Morgan fingerprint density at radius 3 is 2.75 bits per heavy atom. The zero-order valence-corrected chi connectivity index (χ0v) is 14.4. The number of thiophene rings is 1. The predicted molar refractivity (Wildman–Crippen MR) is 94.0 cm³/mol. The molecular formula is C18H15ClN2O2S. The first kappa shape index (κ1) is 15.4. The van der Waals surface area contributed by atoms with Crippen LogP contribution in [0.5, 0.6) is 0 Å². The Morgan fingerprint density at radius 2 is 2.08 bits per heavy atom. The summed E-state index contributed by atoms with van der Waals surface area (Å²) in [5, 5.41) is 9.84. The lowest BCUT2D eigenvalue weighted by Crippen LogP contribution is -2.34. The van der Waals surface area contributed by atoms with Gasteiger partial charge in [-0.15, -0.1) is 11.3 Å². The van der Waals surface area contributed by atoms with Crippen LogP contribution in [0.25, 0.3) is 11.3 Å². The summed E-state index contributed by atoms with van der Waals surface area (Å²) in [6, 6.07) is 13.2. The molecule has 0 radical (unpaired) electrons. The molecule has 0 aliphatic heterocycles. The van der Waals surface area contributed by atoms with E-state index in [0.29, 0.717) is 23.0 Å². The summed E-state index contributed by atoms with van der Waals surface area (Å²) in [4.78, 5) is 13.7. The van der Waals surface area contributed by atoms with Gasteiger partial charge in [-0.05, 0) is 48.6 Å². The highest BCUT2D eigenvalue weighted by atomic mass is 35.5. The fourth-order valence-corrected chi connectivity index (χ4v) is 3.50. The van der Waals surface area contributed by atoms with E-state index in [1.54, 1.807) is 23.5 Å². The van der Waals surface area contributed by atoms with Crippen molar-refractivity contribution < 1.29 is 9.32 Å². The Labute approximate surface area is 148 Å². The molecule has 0 spiro atoms. The lowest BCUT2D eigenvalue weighted by Gasteiger charge is -2.11. The monoisotopic (exact) mass is 358 g/mol. The molecule has 1 amide bonds. The molecule has 1 N–H and O–H groups in total. The number of carbonyl (C=O) groups excluding carboxylic acids is 1. The van der Waals surface area contributed by atoms with Gasteiger partial charge in [0.2, 0.25) is 5.91 Å². The van der Waals surface area contributed by atoms with Crippen molar-refractivity contribution in [2.75, 3.05) is 0 Å². The minimum Gasteiger partial charge on any atom is -0.356 e. The van der Waals surface area contributed by atoms with Crippen molar-refractivity contribution in [1.29, 1.82) is 0 Å². The zero-order chi connectivity index (χ0) is 16.6. The van der Waals surface area contributed by atoms with Crippen LogP contribution in [0.15, 0.2) is 52.4 Å². The molecule has 0 unspecified atom stereocenters. The van der Waals surface area contributed by atoms with Crippen molar-refractivity contribution in [1.82, 2.24) is 10.5 Å². The lowest BCUT2D eigenvalue weighted by molar-refractivity contribution is -0.123. The molecule has 24 heavy (non-hydrogen) atoms. The Morgan fingerprint density at radius 1 is 1.29 bits per heavy atom. The summed E-state index contributed by atoms with van der Waals surface area (Å²) >= 11 is 7.54. The van der Waals surface area contributed by atoms with Crippen LogP contribution in [0.2, 0.25) is 5.02 Å². The lowest BCUT2D eigenvalue weighted by atomic mass is 10.0. The van der Waals surface area contributed by atoms with Gasteiger partial charge in [0.25, 0.3) is 0 Å². The van der Waals surface area contributed by atoms with E-state index in [1.807, 2.05) is 35.7 Å².